The largest absolute Gasteiger partial charge is 0.440 e. The molecule has 0 aliphatic rings. The summed E-state index contributed by atoms with van der Waals surface area (Å²) in [5.41, 5.74) is -0.169. The molecule has 0 saturated heterocycles. The van der Waals surface area contributed by atoms with Crippen molar-refractivity contribution in [3.8, 4) is 0 Å². The summed E-state index contributed by atoms with van der Waals surface area (Å²) in [5.74, 6) is -5.10. The Morgan fingerprint density at radius 3 is 2.00 bits per heavy atom. The van der Waals surface area contributed by atoms with Crippen molar-refractivity contribution in [3.05, 3.63) is 30.2 Å². The van der Waals surface area contributed by atoms with E-state index in [4.69, 9.17) is 0 Å². The third kappa shape index (κ3) is 2.27. The van der Waals surface area contributed by atoms with Gasteiger partial charge >= 0.3 is 12.4 Å². The van der Waals surface area contributed by atoms with Gasteiger partial charge in [0.05, 0.1) is 0 Å². The van der Waals surface area contributed by atoms with E-state index in [0.717, 1.165) is 0 Å². The number of hydrogen-bond donors (Lipinski definition) is 0. The van der Waals surface area contributed by atoms with Gasteiger partial charge < -0.3 is 4.42 Å². The topological polar surface area (TPSA) is 26.0 Å². The summed E-state index contributed by atoms with van der Waals surface area (Å²) < 4.78 is 79.0. The Morgan fingerprint density at radius 2 is 1.50 bits per heavy atom. The lowest BCUT2D eigenvalue weighted by Crippen LogP contribution is -2.34. The smallest absolute Gasteiger partial charge is 0.409 e. The van der Waals surface area contributed by atoms with Gasteiger partial charge in [0.15, 0.2) is 5.58 Å². The quantitative estimate of drug-likeness (QED) is 0.730. The van der Waals surface area contributed by atoms with Crippen molar-refractivity contribution < 1.29 is 30.8 Å². The lowest BCUT2D eigenvalue weighted by Gasteiger charge is -2.19. The summed E-state index contributed by atoms with van der Waals surface area (Å²) in [6, 6.07) is 5.38. The minimum Gasteiger partial charge on any atom is -0.440 e. The van der Waals surface area contributed by atoms with E-state index in [9.17, 15) is 26.3 Å². The molecule has 0 fully saturated rings. The maximum absolute atomic E-state index is 12.4. The third-order valence-electron chi connectivity index (χ3n) is 2.21. The number of benzene rings is 1. The zero-order valence-corrected chi connectivity index (χ0v) is 8.51. The molecule has 0 radical (unpaired) electrons. The summed E-state index contributed by atoms with van der Waals surface area (Å²) in [7, 11) is 0. The maximum Gasteiger partial charge on any atom is 0.409 e. The van der Waals surface area contributed by atoms with Gasteiger partial charge in [-0.1, -0.05) is 12.1 Å². The number of rotatable bonds is 1. The van der Waals surface area contributed by atoms with Crippen LogP contribution in [0.1, 0.15) is 11.8 Å². The summed E-state index contributed by atoms with van der Waals surface area (Å²) in [4.78, 5) is 3.24. The van der Waals surface area contributed by atoms with Crippen molar-refractivity contribution in [1.82, 2.24) is 4.98 Å². The van der Waals surface area contributed by atoms with E-state index in [-0.39, 0.29) is 11.1 Å². The van der Waals surface area contributed by atoms with Crippen LogP contribution in [0.3, 0.4) is 0 Å². The van der Waals surface area contributed by atoms with E-state index in [1.807, 2.05) is 0 Å². The first-order chi connectivity index (χ1) is 8.19. The van der Waals surface area contributed by atoms with Crippen molar-refractivity contribution in [1.29, 1.82) is 0 Å². The average Bonchev–Trinajstić information content (AvgIpc) is 2.54. The second kappa shape index (κ2) is 3.89. The van der Waals surface area contributed by atoms with Gasteiger partial charge in [-0.15, -0.1) is 0 Å². The van der Waals surface area contributed by atoms with Crippen molar-refractivity contribution in [2.45, 2.75) is 18.3 Å². The van der Waals surface area contributed by atoms with Crippen LogP contribution >= 0.6 is 0 Å². The molecule has 0 aliphatic heterocycles. The van der Waals surface area contributed by atoms with Gasteiger partial charge in [0.2, 0.25) is 11.8 Å². The number of halogens is 6. The molecule has 8 heteroatoms. The average molecular weight is 269 g/mol. The zero-order chi connectivity index (χ0) is 13.6. The van der Waals surface area contributed by atoms with Crippen LogP contribution in [0.2, 0.25) is 0 Å². The molecule has 98 valence electrons. The second-order valence-corrected chi connectivity index (χ2v) is 3.54. The van der Waals surface area contributed by atoms with Crippen LogP contribution in [0, 0.1) is 0 Å². The second-order valence-electron chi connectivity index (χ2n) is 3.54. The van der Waals surface area contributed by atoms with Crippen molar-refractivity contribution >= 4 is 11.1 Å². The highest BCUT2D eigenvalue weighted by molar-refractivity contribution is 5.72. The predicted octanol–water partition coefficient (Wildman–Crippen LogP) is 4.04. The summed E-state index contributed by atoms with van der Waals surface area (Å²) in [6.07, 6.45) is -11.0. The minimum atomic E-state index is -5.50. The summed E-state index contributed by atoms with van der Waals surface area (Å²) >= 11 is 0. The van der Waals surface area contributed by atoms with Crippen LogP contribution in [-0.2, 0) is 0 Å². The Hall–Kier alpha value is -1.73. The molecule has 0 atom stereocenters. The van der Waals surface area contributed by atoms with E-state index in [0.29, 0.717) is 0 Å². The van der Waals surface area contributed by atoms with Crippen LogP contribution in [0.25, 0.3) is 11.1 Å². The highest BCUT2D eigenvalue weighted by Gasteiger charge is 2.60. The zero-order valence-electron chi connectivity index (χ0n) is 8.51. The molecule has 1 heterocycles. The van der Waals surface area contributed by atoms with Crippen LogP contribution in [0.5, 0.6) is 0 Å². The van der Waals surface area contributed by atoms with Crippen molar-refractivity contribution in [2.24, 2.45) is 0 Å². The number of nitrogens with zero attached hydrogens (tertiary/aromatic N) is 1. The van der Waals surface area contributed by atoms with E-state index in [2.05, 4.69) is 9.40 Å². The van der Waals surface area contributed by atoms with Gasteiger partial charge in [-0.05, 0) is 12.1 Å². The molecule has 2 nitrogen and oxygen atoms in total. The fourth-order valence-corrected chi connectivity index (χ4v) is 1.48. The van der Waals surface area contributed by atoms with Crippen LogP contribution in [0.15, 0.2) is 28.7 Å². The molecule has 1 aromatic heterocycles. The first-order valence-electron chi connectivity index (χ1n) is 4.68. The van der Waals surface area contributed by atoms with Crippen molar-refractivity contribution in [3.63, 3.8) is 0 Å². The highest BCUT2D eigenvalue weighted by Crippen LogP contribution is 2.46. The number of hydrogen-bond acceptors (Lipinski definition) is 2. The van der Waals surface area contributed by atoms with Gasteiger partial charge in [-0.25, -0.2) is 4.98 Å². The lowest BCUT2D eigenvalue weighted by atomic mass is 10.1. The van der Waals surface area contributed by atoms with E-state index in [1.54, 1.807) is 0 Å². The lowest BCUT2D eigenvalue weighted by molar-refractivity contribution is -0.258. The molecule has 2 rings (SSSR count). The standard InChI is InChI=1S/C10H5F6NO/c11-9(12,13)7(10(14,15)16)8-17-5-3-1-2-4-6(5)18-8/h1-4,7H. The third-order valence-corrected chi connectivity index (χ3v) is 2.21. The SMILES string of the molecule is FC(F)(F)C(c1nc2ccccc2o1)C(F)(F)F. The number of oxazole rings is 1. The van der Waals surface area contributed by atoms with Gasteiger partial charge in [-0.2, -0.15) is 26.3 Å². The van der Waals surface area contributed by atoms with Crippen molar-refractivity contribution in [2.75, 3.05) is 0 Å². The Kier molecular flexibility index (Phi) is 2.75. The fourth-order valence-electron chi connectivity index (χ4n) is 1.48. The molecule has 0 N–H and O–H groups in total. The Morgan fingerprint density at radius 1 is 0.944 bits per heavy atom. The predicted molar refractivity (Wildman–Crippen MR) is 48.9 cm³/mol. The van der Waals surface area contributed by atoms with Gasteiger partial charge in [0.25, 0.3) is 0 Å². The normalized spacial score (nSPS) is 13.5. The van der Waals surface area contributed by atoms with E-state index < -0.39 is 24.2 Å². The number of fused-ring (bicyclic) bond motifs is 1. The van der Waals surface area contributed by atoms with Gasteiger partial charge in [0, 0.05) is 0 Å². The number of alkyl halides is 6. The molecule has 0 unspecified atom stereocenters. The van der Waals surface area contributed by atoms with E-state index >= 15 is 0 Å². The fraction of sp³-hybridized carbons (Fsp3) is 0.300. The molecular weight excluding hydrogens is 264 g/mol. The number of aromatic nitrogens is 1. The van der Waals surface area contributed by atoms with Gasteiger partial charge in [0.1, 0.15) is 5.52 Å². The maximum atomic E-state index is 12.4. The molecule has 2 aromatic rings. The monoisotopic (exact) mass is 269 g/mol. The Balaban J connectivity index is 2.55. The molecule has 0 saturated carbocycles. The summed E-state index contributed by atoms with van der Waals surface area (Å²) in [6.45, 7) is 0. The molecule has 0 bridgehead atoms. The van der Waals surface area contributed by atoms with Crippen LogP contribution in [-0.4, -0.2) is 17.3 Å². The first-order valence-corrected chi connectivity index (χ1v) is 4.68. The molecule has 0 amide bonds. The number of para-hydroxylation sites is 2. The van der Waals surface area contributed by atoms with Crippen LogP contribution < -0.4 is 0 Å². The molecule has 0 aliphatic carbocycles. The molecular formula is C10H5F6NO. The Bertz CT molecular complexity index is 508. The molecule has 0 spiro atoms. The van der Waals surface area contributed by atoms with Crippen LogP contribution in [0.4, 0.5) is 26.3 Å². The Labute approximate surface area is 96.2 Å². The molecule has 18 heavy (non-hydrogen) atoms. The summed E-state index contributed by atoms with van der Waals surface area (Å²) in [5, 5.41) is 0. The molecule has 1 aromatic carbocycles. The van der Waals surface area contributed by atoms with Gasteiger partial charge in [-0.3, -0.25) is 0 Å². The minimum absolute atomic E-state index is 0.0500. The van der Waals surface area contributed by atoms with E-state index in [1.165, 1.54) is 24.3 Å². The highest BCUT2D eigenvalue weighted by atomic mass is 19.4. The first kappa shape index (κ1) is 12.7.